The van der Waals surface area contributed by atoms with Crippen molar-refractivity contribution in [3.63, 3.8) is 0 Å². The molecule has 0 aromatic carbocycles. The van der Waals surface area contributed by atoms with Gasteiger partial charge in [0, 0.05) is 19.4 Å². The Kier molecular flexibility index (Phi) is 5.93. The fourth-order valence-electron chi connectivity index (χ4n) is 1.86. The van der Waals surface area contributed by atoms with Crippen LogP contribution in [0.25, 0.3) is 0 Å². The highest BCUT2D eigenvalue weighted by Crippen LogP contribution is 2.13. The Morgan fingerprint density at radius 1 is 1.47 bits per heavy atom. The van der Waals surface area contributed by atoms with Crippen molar-refractivity contribution in [1.82, 2.24) is 10.6 Å². The van der Waals surface area contributed by atoms with Crippen LogP contribution in [0.1, 0.15) is 25.7 Å². The Morgan fingerprint density at radius 2 is 2.24 bits per heavy atom. The molecule has 1 aliphatic rings. The zero-order valence-corrected chi connectivity index (χ0v) is 9.82. The number of carbonyl (C=O) groups excluding carboxylic acids is 1. The molecule has 0 bridgehead atoms. The molecule has 0 spiro atoms. The van der Waals surface area contributed by atoms with E-state index in [1.807, 2.05) is 0 Å². The number of carbonyl (C=O) groups is 2. The predicted octanol–water partition coefficient (Wildman–Crippen LogP) is -0.672. The van der Waals surface area contributed by atoms with Gasteiger partial charge in [0.2, 0.25) is 5.91 Å². The van der Waals surface area contributed by atoms with Gasteiger partial charge in [-0.15, -0.1) is 0 Å². The van der Waals surface area contributed by atoms with Gasteiger partial charge >= 0.3 is 5.97 Å². The van der Waals surface area contributed by atoms with Gasteiger partial charge in [-0.3, -0.25) is 4.79 Å². The van der Waals surface area contributed by atoms with E-state index in [0.717, 1.165) is 25.9 Å². The molecule has 0 aromatic heterocycles. The van der Waals surface area contributed by atoms with Crippen molar-refractivity contribution in [3.8, 4) is 0 Å². The summed E-state index contributed by atoms with van der Waals surface area (Å²) in [6, 6.07) is 0. The van der Waals surface area contributed by atoms with Crippen molar-refractivity contribution < 1.29 is 19.8 Å². The quantitative estimate of drug-likeness (QED) is 0.476. The summed E-state index contributed by atoms with van der Waals surface area (Å²) in [5.74, 6) is -0.754. The standard InChI is InChI=1S/C11H20N2O4/c14-9(11(16)17)4-6-13-10(15)2-1-8-3-5-12-7-8/h8-9,12,14H,1-7H2,(H,13,15)(H,16,17)/t8?,9-/m0/s1. The van der Waals surface area contributed by atoms with E-state index in [1.54, 1.807) is 0 Å². The Hall–Kier alpha value is -1.14. The van der Waals surface area contributed by atoms with Gasteiger partial charge in [0.05, 0.1) is 0 Å². The highest BCUT2D eigenvalue weighted by Gasteiger charge is 2.16. The van der Waals surface area contributed by atoms with Crippen LogP contribution < -0.4 is 10.6 Å². The molecule has 1 unspecified atom stereocenters. The minimum absolute atomic E-state index is 0.0477. The molecule has 0 aliphatic carbocycles. The average molecular weight is 244 g/mol. The molecule has 0 radical (unpaired) electrons. The summed E-state index contributed by atoms with van der Waals surface area (Å²) in [5.41, 5.74) is 0. The maximum atomic E-state index is 11.4. The van der Waals surface area contributed by atoms with Crippen LogP contribution in [0.15, 0.2) is 0 Å². The first-order chi connectivity index (χ1) is 8.09. The van der Waals surface area contributed by atoms with Crippen LogP contribution in [0.5, 0.6) is 0 Å². The molecular weight excluding hydrogens is 224 g/mol. The zero-order valence-electron chi connectivity index (χ0n) is 9.82. The van der Waals surface area contributed by atoms with Gasteiger partial charge in [0.15, 0.2) is 6.10 Å². The highest BCUT2D eigenvalue weighted by molar-refractivity contribution is 5.76. The van der Waals surface area contributed by atoms with E-state index in [2.05, 4.69) is 10.6 Å². The average Bonchev–Trinajstić information content (AvgIpc) is 2.78. The minimum Gasteiger partial charge on any atom is -0.479 e. The molecule has 17 heavy (non-hydrogen) atoms. The first-order valence-electron chi connectivity index (χ1n) is 5.98. The molecule has 98 valence electrons. The Balaban J connectivity index is 2.02. The number of nitrogens with one attached hydrogen (secondary N) is 2. The maximum Gasteiger partial charge on any atom is 0.332 e. The second kappa shape index (κ2) is 7.24. The van der Waals surface area contributed by atoms with Crippen LogP contribution in [-0.4, -0.2) is 47.8 Å². The SMILES string of the molecule is O=C(CCC1CCNC1)NCC[C@H](O)C(=O)O. The monoisotopic (exact) mass is 244 g/mol. The van der Waals surface area contributed by atoms with Crippen molar-refractivity contribution in [3.05, 3.63) is 0 Å². The van der Waals surface area contributed by atoms with Gasteiger partial charge in [0.1, 0.15) is 0 Å². The van der Waals surface area contributed by atoms with Crippen LogP contribution in [0.2, 0.25) is 0 Å². The number of hydrogen-bond acceptors (Lipinski definition) is 4. The summed E-state index contributed by atoms with van der Waals surface area (Å²) >= 11 is 0. The molecule has 2 atom stereocenters. The summed E-state index contributed by atoms with van der Waals surface area (Å²) in [6.45, 7) is 2.21. The van der Waals surface area contributed by atoms with Crippen LogP contribution >= 0.6 is 0 Å². The van der Waals surface area contributed by atoms with E-state index >= 15 is 0 Å². The summed E-state index contributed by atoms with van der Waals surface area (Å²) < 4.78 is 0. The second-order valence-electron chi connectivity index (χ2n) is 4.39. The summed E-state index contributed by atoms with van der Waals surface area (Å²) in [6.07, 6.45) is 1.10. The number of carboxylic acids is 1. The third-order valence-electron chi connectivity index (χ3n) is 2.97. The third kappa shape index (κ3) is 5.65. The number of rotatable bonds is 7. The van der Waals surface area contributed by atoms with Crippen molar-refractivity contribution in [2.24, 2.45) is 5.92 Å². The number of hydrogen-bond donors (Lipinski definition) is 4. The molecule has 1 saturated heterocycles. The van der Waals surface area contributed by atoms with Gasteiger partial charge < -0.3 is 20.8 Å². The number of amides is 1. The molecule has 6 heteroatoms. The molecule has 1 fully saturated rings. The summed E-state index contributed by atoms with van der Waals surface area (Å²) in [4.78, 5) is 21.7. The second-order valence-corrected chi connectivity index (χ2v) is 4.39. The van der Waals surface area contributed by atoms with Gasteiger partial charge in [-0.2, -0.15) is 0 Å². The van der Waals surface area contributed by atoms with Crippen molar-refractivity contribution in [2.75, 3.05) is 19.6 Å². The molecule has 1 amide bonds. The molecule has 0 aromatic rings. The normalized spacial score (nSPS) is 21.1. The van der Waals surface area contributed by atoms with E-state index in [1.165, 1.54) is 0 Å². The smallest absolute Gasteiger partial charge is 0.332 e. The summed E-state index contributed by atoms with van der Waals surface area (Å²) in [7, 11) is 0. The van der Waals surface area contributed by atoms with E-state index in [-0.39, 0.29) is 18.9 Å². The van der Waals surface area contributed by atoms with E-state index in [4.69, 9.17) is 10.2 Å². The van der Waals surface area contributed by atoms with E-state index < -0.39 is 12.1 Å². The van der Waals surface area contributed by atoms with Crippen LogP contribution in [-0.2, 0) is 9.59 Å². The number of aliphatic hydroxyl groups is 1. The molecular formula is C11H20N2O4. The molecule has 4 N–H and O–H groups in total. The van der Waals surface area contributed by atoms with Crippen molar-refractivity contribution >= 4 is 11.9 Å². The molecule has 1 aliphatic heterocycles. The van der Waals surface area contributed by atoms with Gasteiger partial charge in [-0.25, -0.2) is 4.79 Å². The van der Waals surface area contributed by atoms with Crippen molar-refractivity contribution in [1.29, 1.82) is 0 Å². The van der Waals surface area contributed by atoms with E-state index in [0.29, 0.717) is 12.3 Å². The largest absolute Gasteiger partial charge is 0.479 e. The number of aliphatic carboxylic acids is 1. The Morgan fingerprint density at radius 3 is 2.82 bits per heavy atom. The predicted molar refractivity (Wildman–Crippen MR) is 61.5 cm³/mol. The lowest BCUT2D eigenvalue weighted by atomic mass is 10.0. The number of carboxylic acid groups (broad SMARTS) is 1. The lowest BCUT2D eigenvalue weighted by Crippen LogP contribution is -2.30. The maximum absolute atomic E-state index is 11.4. The highest BCUT2D eigenvalue weighted by atomic mass is 16.4. The first kappa shape index (κ1) is 13.9. The van der Waals surface area contributed by atoms with Crippen LogP contribution in [0.4, 0.5) is 0 Å². The number of aliphatic hydroxyl groups excluding tert-OH is 1. The van der Waals surface area contributed by atoms with Crippen molar-refractivity contribution in [2.45, 2.75) is 31.8 Å². The third-order valence-corrected chi connectivity index (χ3v) is 2.97. The minimum atomic E-state index is -1.39. The fourth-order valence-corrected chi connectivity index (χ4v) is 1.86. The van der Waals surface area contributed by atoms with Gasteiger partial charge in [0.25, 0.3) is 0 Å². The molecule has 1 heterocycles. The van der Waals surface area contributed by atoms with Gasteiger partial charge in [-0.1, -0.05) is 0 Å². The molecule has 1 rings (SSSR count). The Bertz CT molecular complexity index is 264. The summed E-state index contributed by atoms with van der Waals surface area (Å²) in [5, 5.41) is 23.3. The van der Waals surface area contributed by atoms with Gasteiger partial charge in [-0.05, 0) is 31.8 Å². The topological polar surface area (TPSA) is 98.7 Å². The Labute approximate surface area is 100 Å². The molecule has 6 nitrogen and oxygen atoms in total. The lowest BCUT2D eigenvalue weighted by Gasteiger charge is -2.09. The lowest BCUT2D eigenvalue weighted by molar-refractivity contribution is -0.147. The van der Waals surface area contributed by atoms with Crippen LogP contribution in [0, 0.1) is 5.92 Å². The first-order valence-corrected chi connectivity index (χ1v) is 5.98. The fraction of sp³-hybridized carbons (Fsp3) is 0.818. The van der Waals surface area contributed by atoms with E-state index in [9.17, 15) is 9.59 Å². The van der Waals surface area contributed by atoms with Crippen LogP contribution in [0.3, 0.4) is 0 Å². The molecule has 0 saturated carbocycles. The zero-order chi connectivity index (χ0) is 12.7.